The smallest absolute Gasteiger partial charge is 0.0167 e. The molecule has 1 N–H and O–H groups in total. The van der Waals surface area contributed by atoms with Crippen molar-refractivity contribution in [3.63, 3.8) is 0 Å². The lowest BCUT2D eigenvalue weighted by atomic mass is 10.1. The molecule has 0 fully saturated rings. The Morgan fingerprint density at radius 3 is 2.55 bits per heavy atom. The SMILES string of the molecule is CC/C(C)=C/NCC(C)CC. The molecule has 0 aliphatic rings. The molecule has 11 heavy (non-hydrogen) atoms. The van der Waals surface area contributed by atoms with Gasteiger partial charge < -0.3 is 5.32 Å². The van der Waals surface area contributed by atoms with Crippen molar-refractivity contribution in [2.45, 2.75) is 40.5 Å². The largest absolute Gasteiger partial charge is 0.391 e. The maximum Gasteiger partial charge on any atom is 0.0167 e. The molecule has 0 aromatic heterocycles. The second kappa shape index (κ2) is 6.26. The lowest BCUT2D eigenvalue weighted by Gasteiger charge is -2.08. The third-order valence-electron chi connectivity index (χ3n) is 2.07. The molecule has 0 radical (unpaired) electrons. The Balaban J connectivity index is 3.39. The molecule has 0 rings (SSSR count). The van der Waals surface area contributed by atoms with Crippen LogP contribution in [-0.4, -0.2) is 6.54 Å². The van der Waals surface area contributed by atoms with Gasteiger partial charge in [-0.25, -0.2) is 0 Å². The van der Waals surface area contributed by atoms with Crippen LogP contribution in [0.3, 0.4) is 0 Å². The molecule has 0 aromatic carbocycles. The molecule has 0 aliphatic carbocycles. The first kappa shape index (κ1) is 10.5. The molecule has 0 aliphatic heterocycles. The standard InChI is InChI=1S/C10H21N/c1-5-9(3)7-11-8-10(4)6-2/h7,10-11H,5-6,8H2,1-4H3/b9-7+. The van der Waals surface area contributed by atoms with Gasteiger partial charge in [0, 0.05) is 6.54 Å². The van der Waals surface area contributed by atoms with Crippen LogP contribution in [0.4, 0.5) is 0 Å². The van der Waals surface area contributed by atoms with Gasteiger partial charge in [0.05, 0.1) is 0 Å². The summed E-state index contributed by atoms with van der Waals surface area (Å²) in [5.74, 6) is 0.788. The van der Waals surface area contributed by atoms with Gasteiger partial charge >= 0.3 is 0 Å². The summed E-state index contributed by atoms with van der Waals surface area (Å²) in [6, 6.07) is 0. The van der Waals surface area contributed by atoms with Gasteiger partial charge in [0.25, 0.3) is 0 Å². The van der Waals surface area contributed by atoms with E-state index in [0.29, 0.717) is 0 Å². The maximum absolute atomic E-state index is 3.32. The molecule has 0 amide bonds. The zero-order chi connectivity index (χ0) is 8.69. The number of allylic oxidation sites excluding steroid dienone is 1. The highest BCUT2D eigenvalue weighted by atomic mass is 14.8. The highest BCUT2D eigenvalue weighted by Crippen LogP contribution is 1.99. The lowest BCUT2D eigenvalue weighted by Crippen LogP contribution is -2.15. The second-order valence-electron chi connectivity index (χ2n) is 3.27. The van der Waals surface area contributed by atoms with E-state index in [1.54, 1.807) is 0 Å². The van der Waals surface area contributed by atoms with E-state index in [-0.39, 0.29) is 0 Å². The van der Waals surface area contributed by atoms with Crippen molar-refractivity contribution < 1.29 is 0 Å². The Bertz CT molecular complexity index is 116. The number of rotatable bonds is 5. The van der Waals surface area contributed by atoms with Crippen LogP contribution in [0, 0.1) is 5.92 Å². The quantitative estimate of drug-likeness (QED) is 0.643. The molecule has 0 aromatic rings. The highest BCUT2D eigenvalue weighted by Gasteiger charge is 1.94. The normalized spacial score (nSPS) is 14.7. The monoisotopic (exact) mass is 155 g/mol. The Hall–Kier alpha value is -0.460. The minimum Gasteiger partial charge on any atom is -0.391 e. The third-order valence-corrected chi connectivity index (χ3v) is 2.07. The summed E-state index contributed by atoms with van der Waals surface area (Å²) in [6.45, 7) is 9.93. The minimum atomic E-state index is 0.788. The van der Waals surface area contributed by atoms with E-state index >= 15 is 0 Å². The topological polar surface area (TPSA) is 12.0 Å². The minimum absolute atomic E-state index is 0.788. The summed E-state index contributed by atoms with van der Waals surface area (Å²) in [5.41, 5.74) is 1.42. The molecule has 0 saturated heterocycles. The highest BCUT2D eigenvalue weighted by molar-refractivity contribution is 4.94. The molecular weight excluding hydrogens is 134 g/mol. The third kappa shape index (κ3) is 5.96. The van der Waals surface area contributed by atoms with Crippen molar-refractivity contribution in [3.8, 4) is 0 Å². The second-order valence-corrected chi connectivity index (χ2v) is 3.27. The van der Waals surface area contributed by atoms with E-state index in [4.69, 9.17) is 0 Å². The van der Waals surface area contributed by atoms with Gasteiger partial charge in [0.1, 0.15) is 0 Å². The summed E-state index contributed by atoms with van der Waals surface area (Å²) < 4.78 is 0. The van der Waals surface area contributed by atoms with Crippen LogP contribution < -0.4 is 5.32 Å². The predicted molar refractivity (Wildman–Crippen MR) is 51.5 cm³/mol. The summed E-state index contributed by atoms with van der Waals surface area (Å²) in [6.07, 6.45) is 4.53. The summed E-state index contributed by atoms with van der Waals surface area (Å²) in [4.78, 5) is 0. The lowest BCUT2D eigenvalue weighted by molar-refractivity contribution is 0.538. The van der Waals surface area contributed by atoms with Gasteiger partial charge in [-0.05, 0) is 25.5 Å². The van der Waals surface area contributed by atoms with Crippen molar-refractivity contribution in [3.05, 3.63) is 11.8 Å². The first-order valence-electron chi connectivity index (χ1n) is 4.59. The molecule has 1 heteroatoms. The fourth-order valence-electron chi connectivity index (χ4n) is 0.681. The predicted octanol–water partition coefficient (Wildman–Crippen LogP) is 2.94. The van der Waals surface area contributed by atoms with E-state index in [1.807, 2.05) is 0 Å². The van der Waals surface area contributed by atoms with E-state index < -0.39 is 0 Å². The van der Waals surface area contributed by atoms with Crippen LogP contribution in [0.15, 0.2) is 11.8 Å². The Morgan fingerprint density at radius 2 is 2.09 bits per heavy atom. The molecule has 1 atom stereocenters. The molecule has 1 nitrogen and oxygen atoms in total. The van der Waals surface area contributed by atoms with Crippen LogP contribution in [-0.2, 0) is 0 Å². The number of hydrogen-bond donors (Lipinski definition) is 1. The Morgan fingerprint density at radius 1 is 1.45 bits per heavy atom. The van der Waals surface area contributed by atoms with Crippen molar-refractivity contribution in [1.29, 1.82) is 0 Å². The van der Waals surface area contributed by atoms with Gasteiger partial charge in [-0.2, -0.15) is 0 Å². The van der Waals surface area contributed by atoms with Crippen molar-refractivity contribution in [2.24, 2.45) is 5.92 Å². The molecule has 0 saturated carbocycles. The fourth-order valence-corrected chi connectivity index (χ4v) is 0.681. The van der Waals surface area contributed by atoms with Crippen molar-refractivity contribution in [1.82, 2.24) is 5.32 Å². The zero-order valence-corrected chi connectivity index (χ0v) is 8.28. The van der Waals surface area contributed by atoms with Crippen molar-refractivity contribution >= 4 is 0 Å². The molecule has 0 heterocycles. The van der Waals surface area contributed by atoms with Crippen LogP contribution in [0.1, 0.15) is 40.5 Å². The van der Waals surface area contributed by atoms with Gasteiger partial charge in [-0.1, -0.05) is 32.8 Å². The fraction of sp³-hybridized carbons (Fsp3) is 0.800. The molecular formula is C10H21N. The van der Waals surface area contributed by atoms with Gasteiger partial charge in [0.15, 0.2) is 0 Å². The van der Waals surface area contributed by atoms with Crippen LogP contribution in [0.5, 0.6) is 0 Å². The van der Waals surface area contributed by atoms with Crippen LogP contribution in [0.2, 0.25) is 0 Å². The van der Waals surface area contributed by atoms with Gasteiger partial charge in [0.2, 0.25) is 0 Å². The first-order chi connectivity index (χ1) is 5.20. The van der Waals surface area contributed by atoms with Crippen LogP contribution >= 0.6 is 0 Å². The van der Waals surface area contributed by atoms with Gasteiger partial charge in [-0.3, -0.25) is 0 Å². The summed E-state index contributed by atoms with van der Waals surface area (Å²) >= 11 is 0. The number of hydrogen-bond acceptors (Lipinski definition) is 1. The van der Waals surface area contributed by atoms with E-state index in [0.717, 1.165) is 18.9 Å². The average molecular weight is 155 g/mol. The molecule has 0 bridgehead atoms. The summed E-state index contributed by atoms with van der Waals surface area (Å²) in [7, 11) is 0. The zero-order valence-electron chi connectivity index (χ0n) is 8.28. The van der Waals surface area contributed by atoms with Crippen molar-refractivity contribution in [2.75, 3.05) is 6.54 Å². The molecule has 66 valence electrons. The summed E-state index contributed by atoms with van der Waals surface area (Å²) in [5, 5.41) is 3.32. The van der Waals surface area contributed by atoms with E-state index in [1.165, 1.54) is 12.0 Å². The first-order valence-corrected chi connectivity index (χ1v) is 4.59. The van der Waals surface area contributed by atoms with Crippen LogP contribution in [0.25, 0.3) is 0 Å². The maximum atomic E-state index is 3.32. The Kier molecular flexibility index (Phi) is 6.00. The Labute approximate surface area is 70.9 Å². The van der Waals surface area contributed by atoms with Gasteiger partial charge in [-0.15, -0.1) is 0 Å². The average Bonchev–Trinajstić information content (AvgIpc) is 2.04. The number of nitrogens with one attached hydrogen (secondary N) is 1. The van der Waals surface area contributed by atoms with E-state index in [2.05, 4.69) is 39.2 Å². The molecule has 1 unspecified atom stereocenters. The van der Waals surface area contributed by atoms with E-state index in [9.17, 15) is 0 Å². The molecule has 0 spiro atoms.